The van der Waals surface area contributed by atoms with Gasteiger partial charge in [0.15, 0.2) is 0 Å². The molecule has 7 nitrogen and oxygen atoms in total. The SMILES string of the molecule is CC(C)c1ccc(N2CCO[C@H](C(C)(C)N(C)CCC(C)c3ccc(N4CCCC(C(C)(C)O)C4)cn3)C2)cn1. The maximum absolute atomic E-state index is 10.5. The molecule has 2 aliphatic heterocycles. The standard InChI is InChI=1S/C33H53N5O2/c1-24(2)29-13-11-28(20-34-29)38-18-19-40-31(23-38)32(4,5)36(8)17-15-25(3)30-14-12-27(21-35-30)37-16-9-10-26(22-37)33(6,7)39/h11-14,20-21,24-26,31,39H,9-10,15-19,22-23H2,1-8H3/t25?,26?,31-/m0/s1. The molecule has 40 heavy (non-hydrogen) atoms. The summed E-state index contributed by atoms with van der Waals surface area (Å²) in [5.74, 6) is 1.10. The molecule has 0 spiro atoms. The summed E-state index contributed by atoms with van der Waals surface area (Å²) in [5, 5.41) is 10.5. The van der Waals surface area contributed by atoms with Gasteiger partial charge in [0.1, 0.15) is 0 Å². The molecule has 2 aromatic rings. The Hall–Kier alpha value is -2.22. The number of rotatable bonds is 10. The lowest BCUT2D eigenvalue weighted by Crippen LogP contribution is -2.59. The molecular formula is C33H53N5O2. The molecule has 0 saturated carbocycles. The van der Waals surface area contributed by atoms with E-state index in [0.29, 0.717) is 17.8 Å². The van der Waals surface area contributed by atoms with E-state index in [9.17, 15) is 5.11 Å². The lowest BCUT2D eigenvalue weighted by Gasteiger charge is -2.46. The largest absolute Gasteiger partial charge is 0.390 e. The number of morpholine rings is 1. The number of pyridine rings is 2. The number of aliphatic hydroxyl groups is 1. The van der Waals surface area contributed by atoms with Gasteiger partial charge < -0.3 is 19.6 Å². The van der Waals surface area contributed by atoms with Crippen LogP contribution in [0.25, 0.3) is 0 Å². The van der Waals surface area contributed by atoms with E-state index < -0.39 is 5.60 Å². The highest BCUT2D eigenvalue weighted by molar-refractivity contribution is 5.46. The van der Waals surface area contributed by atoms with Gasteiger partial charge in [-0.3, -0.25) is 14.9 Å². The van der Waals surface area contributed by atoms with Crippen molar-refractivity contribution < 1.29 is 9.84 Å². The van der Waals surface area contributed by atoms with Gasteiger partial charge in [-0.15, -0.1) is 0 Å². The highest BCUT2D eigenvalue weighted by atomic mass is 16.5. The summed E-state index contributed by atoms with van der Waals surface area (Å²) >= 11 is 0. The normalized spacial score (nSPS) is 21.8. The molecule has 1 N–H and O–H groups in total. The number of anilines is 2. The van der Waals surface area contributed by atoms with E-state index in [4.69, 9.17) is 9.72 Å². The predicted molar refractivity (Wildman–Crippen MR) is 165 cm³/mol. The summed E-state index contributed by atoms with van der Waals surface area (Å²) in [5.41, 5.74) is 3.88. The predicted octanol–water partition coefficient (Wildman–Crippen LogP) is 5.70. The molecule has 3 atom stereocenters. The molecule has 2 unspecified atom stereocenters. The van der Waals surface area contributed by atoms with Crippen molar-refractivity contribution in [2.45, 2.75) is 96.8 Å². The third-order valence-corrected chi connectivity index (χ3v) is 9.52. The lowest BCUT2D eigenvalue weighted by atomic mass is 9.84. The first-order valence-corrected chi connectivity index (χ1v) is 15.3. The van der Waals surface area contributed by atoms with E-state index in [-0.39, 0.29) is 11.6 Å². The number of aromatic nitrogens is 2. The zero-order valence-electron chi connectivity index (χ0n) is 26.2. The van der Waals surface area contributed by atoms with Crippen LogP contribution in [-0.2, 0) is 4.74 Å². The van der Waals surface area contributed by atoms with Crippen LogP contribution in [0.5, 0.6) is 0 Å². The number of likely N-dealkylation sites (N-methyl/N-ethyl adjacent to an activating group) is 1. The molecule has 0 amide bonds. The molecule has 222 valence electrons. The topological polar surface area (TPSA) is 65.0 Å². The van der Waals surface area contributed by atoms with Gasteiger partial charge in [0, 0.05) is 49.0 Å². The van der Waals surface area contributed by atoms with Gasteiger partial charge in [-0.05, 0) is 96.7 Å². The minimum Gasteiger partial charge on any atom is -0.390 e. The first-order chi connectivity index (χ1) is 18.9. The fraction of sp³-hybridized carbons (Fsp3) is 0.697. The van der Waals surface area contributed by atoms with E-state index in [1.54, 1.807) is 0 Å². The Morgan fingerprint density at radius 2 is 1.57 bits per heavy atom. The number of hydrogen-bond acceptors (Lipinski definition) is 7. The highest BCUT2D eigenvalue weighted by Gasteiger charge is 2.38. The van der Waals surface area contributed by atoms with Crippen molar-refractivity contribution in [3.8, 4) is 0 Å². The first kappa shape index (κ1) is 30.7. The van der Waals surface area contributed by atoms with Crippen LogP contribution in [0.2, 0.25) is 0 Å². The third kappa shape index (κ3) is 7.34. The van der Waals surface area contributed by atoms with Gasteiger partial charge >= 0.3 is 0 Å². The van der Waals surface area contributed by atoms with Crippen molar-refractivity contribution in [2.24, 2.45) is 5.92 Å². The molecule has 4 heterocycles. The Morgan fingerprint density at radius 1 is 0.950 bits per heavy atom. The summed E-state index contributed by atoms with van der Waals surface area (Å²) in [6.07, 6.45) is 7.39. The zero-order chi connectivity index (χ0) is 29.1. The first-order valence-electron chi connectivity index (χ1n) is 15.3. The molecule has 2 saturated heterocycles. The van der Waals surface area contributed by atoms with Crippen LogP contribution >= 0.6 is 0 Å². The van der Waals surface area contributed by atoms with Gasteiger partial charge in [0.2, 0.25) is 0 Å². The average Bonchev–Trinajstić information content (AvgIpc) is 2.95. The number of ether oxygens (including phenoxy) is 1. The monoisotopic (exact) mass is 551 g/mol. The van der Waals surface area contributed by atoms with Crippen molar-refractivity contribution in [2.75, 3.05) is 56.2 Å². The molecule has 2 aromatic heterocycles. The Kier molecular flexibility index (Phi) is 9.79. The molecule has 0 radical (unpaired) electrons. The third-order valence-electron chi connectivity index (χ3n) is 9.52. The summed E-state index contributed by atoms with van der Waals surface area (Å²) in [6.45, 7) is 20.5. The van der Waals surface area contributed by atoms with Gasteiger partial charge in [0.25, 0.3) is 0 Å². The minimum absolute atomic E-state index is 0.105. The molecular weight excluding hydrogens is 498 g/mol. The Balaban J connectivity index is 1.31. The van der Waals surface area contributed by atoms with Crippen molar-refractivity contribution in [1.82, 2.24) is 14.9 Å². The molecule has 0 aliphatic carbocycles. The van der Waals surface area contributed by atoms with Crippen molar-refractivity contribution in [3.05, 3.63) is 48.0 Å². The molecule has 4 rings (SSSR count). The lowest BCUT2D eigenvalue weighted by molar-refractivity contribution is -0.0564. The summed E-state index contributed by atoms with van der Waals surface area (Å²) < 4.78 is 6.33. The Bertz CT molecular complexity index is 1060. The van der Waals surface area contributed by atoms with Crippen molar-refractivity contribution in [3.63, 3.8) is 0 Å². The van der Waals surface area contributed by atoms with E-state index in [1.165, 1.54) is 5.69 Å². The second kappa shape index (κ2) is 12.7. The minimum atomic E-state index is -0.641. The Labute approximate surface area is 242 Å². The smallest absolute Gasteiger partial charge is 0.0928 e. The number of nitrogens with zero attached hydrogens (tertiary/aromatic N) is 5. The molecule has 0 bridgehead atoms. The van der Waals surface area contributed by atoms with E-state index in [1.807, 2.05) is 26.2 Å². The molecule has 7 heteroatoms. The van der Waals surface area contributed by atoms with Crippen LogP contribution in [0.3, 0.4) is 0 Å². The summed E-state index contributed by atoms with van der Waals surface area (Å²) in [6, 6.07) is 8.77. The van der Waals surface area contributed by atoms with Crippen molar-refractivity contribution >= 4 is 11.4 Å². The quantitative estimate of drug-likeness (QED) is 0.407. The second-order valence-corrected chi connectivity index (χ2v) is 13.5. The fourth-order valence-electron chi connectivity index (χ4n) is 5.97. The molecule has 2 aliphatic rings. The average molecular weight is 552 g/mol. The van der Waals surface area contributed by atoms with Crippen LogP contribution in [0, 0.1) is 5.92 Å². The van der Waals surface area contributed by atoms with E-state index >= 15 is 0 Å². The summed E-state index contributed by atoms with van der Waals surface area (Å²) in [7, 11) is 2.22. The second-order valence-electron chi connectivity index (χ2n) is 13.5. The maximum Gasteiger partial charge on any atom is 0.0928 e. The van der Waals surface area contributed by atoms with Crippen LogP contribution in [0.15, 0.2) is 36.7 Å². The number of hydrogen-bond donors (Lipinski definition) is 1. The fourth-order valence-corrected chi connectivity index (χ4v) is 5.97. The van der Waals surface area contributed by atoms with Gasteiger partial charge in [-0.1, -0.05) is 20.8 Å². The van der Waals surface area contributed by atoms with Crippen LogP contribution in [0.1, 0.15) is 91.0 Å². The van der Waals surface area contributed by atoms with E-state index in [0.717, 1.165) is 75.7 Å². The molecule has 2 fully saturated rings. The van der Waals surface area contributed by atoms with Crippen LogP contribution < -0.4 is 9.80 Å². The van der Waals surface area contributed by atoms with Gasteiger partial charge in [-0.25, -0.2) is 0 Å². The highest BCUT2D eigenvalue weighted by Crippen LogP contribution is 2.31. The van der Waals surface area contributed by atoms with Crippen LogP contribution in [-0.4, -0.2) is 83.6 Å². The number of piperidine rings is 1. The Morgan fingerprint density at radius 3 is 2.15 bits per heavy atom. The van der Waals surface area contributed by atoms with Gasteiger partial charge in [0.05, 0.1) is 42.1 Å². The van der Waals surface area contributed by atoms with Crippen LogP contribution in [0.4, 0.5) is 11.4 Å². The van der Waals surface area contributed by atoms with Gasteiger partial charge in [-0.2, -0.15) is 0 Å². The zero-order valence-corrected chi connectivity index (χ0v) is 26.2. The summed E-state index contributed by atoms with van der Waals surface area (Å²) in [4.78, 5) is 16.8. The van der Waals surface area contributed by atoms with Crippen molar-refractivity contribution in [1.29, 1.82) is 0 Å². The van der Waals surface area contributed by atoms with E-state index in [2.05, 4.69) is 85.6 Å². The maximum atomic E-state index is 10.5. The molecule has 0 aromatic carbocycles.